The van der Waals surface area contributed by atoms with Gasteiger partial charge in [-0.2, -0.15) is 0 Å². The summed E-state index contributed by atoms with van der Waals surface area (Å²) in [6.45, 7) is 4.14. The number of fused-ring (bicyclic) bond motifs is 1. The number of carbonyl (C=O) groups is 5. The number of amides is 1. The zero-order chi connectivity index (χ0) is 29.1. The van der Waals surface area contributed by atoms with Crippen molar-refractivity contribution in [2.24, 2.45) is 0 Å². The van der Waals surface area contributed by atoms with E-state index < -0.39 is 67.0 Å². The molecule has 3 aliphatic heterocycles. The van der Waals surface area contributed by atoms with E-state index in [1.165, 1.54) is 0 Å². The monoisotopic (exact) mass is 595 g/mol. The SMILES string of the molecule is CC(=O)OC[C@@H]1O[C@@H](N2C(=O)/C(=C\c3ccc4c(c3)OCO4)SC2=S)[C@@H](OC(C)=O)[C@@H](OC(C)=O)[C@H]1OC(C)=O. The van der Waals surface area contributed by atoms with Gasteiger partial charge in [0, 0.05) is 27.7 Å². The molecule has 0 radical (unpaired) electrons. The second-order valence-corrected chi connectivity index (χ2v) is 10.4. The largest absolute Gasteiger partial charge is 0.463 e. The number of esters is 4. The number of thioether (sulfide) groups is 1. The van der Waals surface area contributed by atoms with Crippen LogP contribution in [0.25, 0.3) is 6.08 Å². The van der Waals surface area contributed by atoms with Gasteiger partial charge in [0.2, 0.25) is 6.79 Å². The van der Waals surface area contributed by atoms with Crippen molar-refractivity contribution in [3.05, 3.63) is 28.7 Å². The molecule has 3 heterocycles. The Bertz CT molecular complexity index is 1280. The van der Waals surface area contributed by atoms with E-state index >= 15 is 0 Å². The number of hydrogen-bond donors (Lipinski definition) is 0. The molecule has 2 saturated heterocycles. The van der Waals surface area contributed by atoms with Gasteiger partial charge >= 0.3 is 23.9 Å². The van der Waals surface area contributed by atoms with Gasteiger partial charge < -0.3 is 33.2 Å². The van der Waals surface area contributed by atoms with Gasteiger partial charge in [0.05, 0.1) is 4.91 Å². The fourth-order valence-corrected chi connectivity index (χ4v) is 5.58. The maximum atomic E-state index is 13.6. The van der Waals surface area contributed by atoms with Crippen molar-refractivity contribution in [1.82, 2.24) is 4.90 Å². The van der Waals surface area contributed by atoms with Crippen LogP contribution in [-0.4, -0.2) is 83.0 Å². The molecule has 0 aromatic heterocycles. The second kappa shape index (κ2) is 12.2. The van der Waals surface area contributed by atoms with Crippen LogP contribution in [0.15, 0.2) is 23.1 Å². The minimum Gasteiger partial charge on any atom is -0.463 e. The molecule has 4 rings (SSSR count). The van der Waals surface area contributed by atoms with Crippen molar-refractivity contribution in [2.75, 3.05) is 13.4 Å². The summed E-state index contributed by atoms with van der Waals surface area (Å²) in [5, 5.41) is 0. The normalized spacial score (nSPS) is 26.4. The van der Waals surface area contributed by atoms with Crippen molar-refractivity contribution >= 4 is 64.2 Å². The van der Waals surface area contributed by atoms with Crippen LogP contribution in [0.2, 0.25) is 0 Å². The van der Waals surface area contributed by atoms with Gasteiger partial charge in [0.15, 0.2) is 40.4 Å². The van der Waals surface area contributed by atoms with Gasteiger partial charge in [-0.3, -0.25) is 28.9 Å². The fourth-order valence-electron chi connectivity index (χ4n) is 4.27. The van der Waals surface area contributed by atoms with Crippen molar-refractivity contribution < 1.29 is 57.1 Å². The Hall–Kier alpha value is -3.69. The first-order valence-electron chi connectivity index (χ1n) is 11.9. The average Bonchev–Trinajstić information content (AvgIpc) is 3.43. The highest BCUT2D eigenvalue weighted by molar-refractivity contribution is 8.26. The van der Waals surface area contributed by atoms with E-state index in [9.17, 15) is 24.0 Å². The predicted octanol–water partition coefficient (Wildman–Crippen LogP) is 1.70. The molecule has 214 valence electrons. The minimum atomic E-state index is -1.47. The van der Waals surface area contributed by atoms with Gasteiger partial charge in [-0.1, -0.05) is 30.0 Å². The summed E-state index contributed by atoms with van der Waals surface area (Å²) in [4.78, 5) is 62.6. The number of nitrogens with zero attached hydrogens (tertiary/aromatic N) is 1. The molecule has 2 fully saturated rings. The molecule has 1 aromatic carbocycles. The maximum Gasteiger partial charge on any atom is 0.303 e. The molecule has 3 aliphatic rings. The molecular weight excluding hydrogens is 570 g/mol. The third-order valence-electron chi connectivity index (χ3n) is 5.74. The topological polar surface area (TPSA) is 153 Å². The Morgan fingerprint density at radius 2 is 1.57 bits per heavy atom. The Balaban J connectivity index is 1.71. The lowest BCUT2D eigenvalue weighted by molar-refractivity contribution is -0.268. The zero-order valence-corrected chi connectivity index (χ0v) is 23.4. The molecule has 1 aromatic rings. The lowest BCUT2D eigenvalue weighted by Crippen LogP contribution is -2.66. The summed E-state index contributed by atoms with van der Waals surface area (Å²) in [7, 11) is 0. The lowest BCUT2D eigenvalue weighted by Gasteiger charge is -2.46. The highest BCUT2D eigenvalue weighted by Gasteiger charge is 2.56. The van der Waals surface area contributed by atoms with E-state index in [1.807, 2.05) is 0 Å². The van der Waals surface area contributed by atoms with Crippen molar-refractivity contribution in [3.63, 3.8) is 0 Å². The van der Waals surface area contributed by atoms with Crippen LogP contribution in [-0.2, 0) is 47.7 Å². The first kappa shape index (κ1) is 29.3. The summed E-state index contributed by atoms with van der Waals surface area (Å²) in [5.41, 5.74) is 0.631. The van der Waals surface area contributed by atoms with Gasteiger partial charge in [0.25, 0.3) is 5.91 Å². The molecular formula is C25H25NO12S2. The van der Waals surface area contributed by atoms with Crippen LogP contribution in [0.4, 0.5) is 0 Å². The number of hydrogen-bond acceptors (Lipinski definition) is 14. The van der Waals surface area contributed by atoms with Gasteiger partial charge in [-0.15, -0.1) is 0 Å². The molecule has 13 nitrogen and oxygen atoms in total. The first-order valence-corrected chi connectivity index (χ1v) is 13.1. The number of benzene rings is 1. The highest BCUT2D eigenvalue weighted by Crippen LogP contribution is 2.40. The average molecular weight is 596 g/mol. The van der Waals surface area contributed by atoms with Gasteiger partial charge in [0.1, 0.15) is 12.7 Å². The standard InChI is InChI=1S/C25H25NO12S2/c1-11(27)32-9-18-20(35-12(2)28)21(36-13(3)29)22(37-14(4)30)24(38-18)26-23(31)19(40-25(26)39)8-15-5-6-16-17(7-15)34-10-33-16/h5-8,18,20-22,24H,9-10H2,1-4H3/b19-8+/t18-,20-,21-,22-,24+/m0/s1. The van der Waals surface area contributed by atoms with Crippen molar-refractivity contribution in [3.8, 4) is 11.5 Å². The quantitative estimate of drug-likeness (QED) is 0.194. The molecule has 0 spiro atoms. The maximum absolute atomic E-state index is 13.6. The Labute approximate surface area is 238 Å². The summed E-state index contributed by atoms with van der Waals surface area (Å²) in [6.07, 6.45) is -5.33. The predicted molar refractivity (Wildman–Crippen MR) is 140 cm³/mol. The van der Waals surface area contributed by atoms with Crippen LogP contribution < -0.4 is 9.47 Å². The van der Waals surface area contributed by atoms with E-state index in [2.05, 4.69) is 0 Å². The number of thiocarbonyl (C=S) groups is 1. The van der Waals surface area contributed by atoms with E-state index in [0.717, 1.165) is 44.4 Å². The molecule has 15 heteroatoms. The van der Waals surface area contributed by atoms with Crippen LogP contribution in [0.1, 0.15) is 33.3 Å². The van der Waals surface area contributed by atoms with Crippen molar-refractivity contribution in [1.29, 1.82) is 0 Å². The third kappa shape index (κ3) is 6.54. The Kier molecular flexibility index (Phi) is 8.95. The number of carbonyl (C=O) groups excluding carboxylic acids is 5. The van der Waals surface area contributed by atoms with Crippen LogP contribution in [0.5, 0.6) is 11.5 Å². The molecule has 1 amide bonds. The zero-order valence-electron chi connectivity index (χ0n) is 21.8. The second-order valence-electron chi connectivity index (χ2n) is 8.75. The number of rotatable bonds is 7. The Morgan fingerprint density at radius 1 is 0.950 bits per heavy atom. The first-order chi connectivity index (χ1) is 18.9. The number of ether oxygens (including phenoxy) is 7. The van der Waals surface area contributed by atoms with Crippen molar-refractivity contribution in [2.45, 2.75) is 58.3 Å². The molecule has 0 unspecified atom stereocenters. The summed E-state index contributed by atoms with van der Waals surface area (Å²) < 4.78 is 38.2. The van der Waals surface area contributed by atoms with E-state index in [-0.39, 0.29) is 16.0 Å². The summed E-state index contributed by atoms with van der Waals surface area (Å²) in [5.74, 6) is -2.52. The third-order valence-corrected chi connectivity index (χ3v) is 7.07. The van der Waals surface area contributed by atoms with Crippen LogP contribution >= 0.6 is 24.0 Å². The highest BCUT2D eigenvalue weighted by atomic mass is 32.2. The summed E-state index contributed by atoms with van der Waals surface area (Å²) in [6, 6.07) is 5.13. The smallest absolute Gasteiger partial charge is 0.303 e. The van der Waals surface area contributed by atoms with E-state index in [4.69, 9.17) is 45.4 Å². The van der Waals surface area contributed by atoms with Crippen LogP contribution in [0.3, 0.4) is 0 Å². The molecule has 0 saturated carbocycles. The van der Waals surface area contributed by atoms with E-state index in [0.29, 0.717) is 17.1 Å². The molecule has 5 atom stereocenters. The molecule has 0 N–H and O–H groups in total. The van der Waals surface area contributed by atoms with Gasteiger partial charge in [-0.05, 0) is 23.8 Å². The van der Waals surface area contributed by atoms with Crippen LogP contribution in [0, 0.1) is 0 Å². The molecule has 40 heavy (non-hydrogen) atoms. The summed E-state index contributed by atoms with van der Waals surface area (Å²) >= 11 is 6.46. The Morgan fingerprint density at radius 3 is 2.23 bits per heavy atom. The molecule has 0 bridgehead atoms. The lowest BCUT2D eigenvalue weighted by atomic mass is 9.96. The fraction of sp³-hybridized carbons (Fsp3) is 0.440. The minimum absolute atomic E-state index is 0.0536. The van der Waals surface area contributed by atoms with Gasteiger partial charge in [-0.25, -0.2) is 0 Å². The molecule has 0 aliphatic carbocycles. The van der Waals surface area contributed by atoms with E-state index in [1.54, 1.807) is 24.3 Å².